The summed E-state index contributed by atoms with van der Waals surface area (Å²) in [5, 5.41) is 0. The van der Waals surface area contributed by atoms with E-state index in [0.717, 1.165) is 8.97 Å². The zero-order chi connectivity index (χ0) is 9.00. The van der Waals surface area contributed by atoms with Crippen LogP contribution < -0.4 is 34.0 Å². The van der Waals surface area contributed by atoms with Crippen LogP contribution in [0, 0.1) is 0 Å². The molecule has 0 rings (SSSR count). The van der Waals surface area contributed by atoms with Crippen molar-refractivity contribution in [2.75, 3.05) is 56.4 Å². The minimum atomic E-state index is 0. The standard InChI is InChI=1S/2C4H12N.4BrH/c2*1-5(2,3)4;;;;/h2*1-4H3;4*1H/q2*+1;;;;/p-2. The Morgan fingerprint density at radius 2 is 0.429 bits per heavy atom. The first-order valence-electron chi connectivity index (χ1n) is 3.58. The lowest BCUT2D eigenvalue weighted by atomic mass is 10.8. The number of hydrogen-bond donors (Lipinski definition) is 0. The summed E-state index contributed by atoms with van der Waals surface area (Å²) < 4.78 is 2.00. The van der Waals surface area contributed by atoms with Gasteiger partial charge in [0.05, 0.1) is 56.4 Å². The summed E-state index contributed by atoms with van der Waals surface area (Å²) in [7, 11) is 17.0. The van der Waals surface area contributed by atoms with Crippen molar-refractivity contribution in [3.8, 4) is 0 Å². The topological polar surface area (TPSA) is 0 Å². The maximum atomic E-state index is 2.12. The van der Waals surface area contributed by atoms with Gasteiger partial charge in [-0.25, -0.2) is 0 Å². The highest BCUT2D eigenvalue weighted by atomic mass is 79.9. The van der Waals surface area contributed by atoms with Crippen molar-refractivity contribution in [2.24, 2.45) is 0 Å². The first kappa shape index (κ1) is 36.0. The van der Waals surface area contributed by atoms with E-state index in [1.165, 1.54) is 0 Å². The monoisotopic (exact) mass is 466 g/mol. The lowest BCUT2D eigenvalue weighted by molar-refractivity contribution is -0.849. The Hall–Kier alpha value is 1.84. The van der Waals surface area contributed by atoms with Gasteiger partial charge in [0.15, 0.2) is 0 Å². The molecule has 0 aromatic heterocycles. The molecule has 0 unspecified atom stereocenters. The second-order valence-electron chi connectivity index (χ2n) is 5.37. The van der Waals surface area contributed by atoms with Crippen LogP contribution in [0.3, 0.4) is 0 Å². The summed E-state index contributed by atoms with van der Waals surface area (Å²) >= 11 is 0. The second-order valence-corrected chi connectivity index (χ2v) is 5.37. The van der Waals surface area contributed by atoms with Crippen LogP contribution in [0.2, 0.25) is 0 Å². The predicted molar refractivity (Wildman–Crippen MR) is 68.6 cm³/mol. The number of quaternary nitrogens is 2. The summed E-state index contributed by atoms with van der Waals surface area (Å²) in [4.78, 5) is 0. The molecule has 0 spiro atoms. The van der Waals surface area contributed by atoms with Gasteiger partial charge in [-0.3, -0.25) is 0 Å². The maximum absolute atomic E-state index is 2.12. The zero-order valence-electron chi connectivity index (χ0n) is 10.5. The molecular weight excluding hydrogens is 444 g/mol. The Morgan fingerprint density at radius 3 is 0.429 bits per heavy atom. The Morgan fingerprint density at radius 1 is 0.429 bits per heavy atom. The number of hydrogen-bond acceptors (Lipinski definition) is 0. The third kappa shape index (κ3) is 674. The van der Waals surface area contributed by atoms with Gasteiger partial charge in [-0.15, -0.1) is 34.0 Å². The third-order valence-corrected chi connectivity index (χ3v) is 0. The van der Waals surface area contributed by atoms with Crippen LogP contribution in [0.15, 0.2) is 0 Å². The molecule has 0 aromatic rings. The van der Waals surface area contributed by atoms with Crippen LogP contribution in [0.5, 0.6) is 0 Å². The third-order valence-electron chi connectivity index (χ3n) is 0. The predicted octanol–water partition coefficient (Wildman–Crippen LogP) is -4.19. The van der Waals surface area contributed by atoms with Crippen LogP contribution in [0.4, 0.5) is 0 Å². The van der Waals surface area contributed by atoms with Crippen molar-refractivity contribution in [3.63, 3.8) is 0 Å². The lowest BCUT2D eigenvalue weighted by Crippen LogP contribution is -3.00. The van der Waals surface area contributed by atoms with Gasteiger partial charge in [0.2, 0.25) is 0 Å². The lowest BCUT2D eigenvalue weighted by Gasteiger charge is -2.14. The van der Waals surface area contributed by atoms with Gasteiger partial charge >= 0.3 is 0 Å². The first-order chi connectivity index (χ1) is 4.00. The van der Waals surface area contributed by atoms with Crippen LogP contribution in [-0.4, -0.2) is 65.3 Å². The Labute approximate surface area is 132 Å². The molecule has 0 radical (unpaired) electrons. The zero-order valence-corrected chi connectivity index (χ0v) is 17.1. The van der Waals surface area contributed by atoms with Gasteiger partial charge in [0.1, 0.15) is 0 Å². The van der Waals surface area contributed by atoms with E-state index in [2.05, 4.69) is 56.4 Å². The van der Waals surface area contributed by atoms with E-state index in [4.69, 9.17) is 0 Å². The fraction of sp³-hybridized carbons (Fsp3) is 1.00. The average molecular weight is 470 g/mol. The van der Waals surface area contributed by atoms with E-state index in [-0.39, 0.29) is 67.9 Å². The Bertz CT molecular complexity index is 62.3. The first-order valence-corrected chi connectivity index (χ1v) is 3.58. The van der Waals surface area contributed by atoms with Crippen molar-refractivity contribution < 1.29 is 42.9 Å². The van der Waals surface area contributed by atoms with Crippen molar-refractivity contribution in [1.29, 1.82) is 0 Å². The molecule has 0 aliphatic carbocycles. The van der Waals surface area contributed by atoms with Gasteiger partial charge in [-0.1, -0.05) is 0 Å². The molecule has 0 aliphatic heterocycles. The van der Waals surface area contributed by atoms with Crippen LogP contribution in [0.1, 0.15) is 0 Å². The highest BCUT2D eigenvalue weighted by Crippen LogP contribution is 1.74. The minimum Gasteiger partial charge on any atom is -1.00 e. The molecule has 0 amide bonds. The largest absolute Gasteiger partial charge is 1.00 e. The molecule has 0 heterocycles. The molecule has 0 aromatic carbocycles. The molecule has 0 aliphatic rings. The van der Waals surface area contributed by atoms with Crippen LogP contribution >= 0.6 is 34.0 Å². The van der Waals surface area contributed by atoms with Crippen LogP contribution in [-0.2, 0) is 0 Å². The highest BCUT2D eigenvalue weighted by Gasteiger charge is 1.88. The maximum Gasteiger partial charge on any atom is 0.0675 e. The molecule has 0 N–H and O–H groups in total. The molecule has 2 nitrogen and oxygen atoms in total. The fourth-order valence-electron chi connectivity index (χ4n) is 0. The quantitative estimate of drug-likeness (QED) is 0.316. The summed E-state index contributed by atoms with van der Waals surface area (Å²) in [6.07, 6.45) is 0. The van der Waals surface area contributed by atoms with E-state index >= 15 is 0 Å². The van der Waals surface area contributed by atoms with Crippen LogP contribution in [0.25, 0.3) is 0 Å². The minimum absolute atomic E-state index is 0. The van der Waals surface area contributed by atoms with Gasteiger partial charge in [-0.2, -0.15) is 0 Å². The number of halogens is 4. The van der Waals surface area contributed by atoms with E-state index in [1.807, 2.05) is 0 Å². The average Bonchev–Trinajstić information content (AvgIpc) is 1.12. The summed E-state index contributed by atoms with van der Waals surface area (Å²) in [6.45, 7) is 0. The van der Waals surface area contributed by atoms with Crippen molar-refractivity contribution in [1.82, 2.24) is 0 Å². The number of rotatable bonds is 0. The smallest absolute Gasteiger partial charge is 0.0675 e. The van der Waals surface area contributed by atoms with E-state index in [9.17, 15) is 0 Å². The Kier molecular flexibility index (Phi) is 38.2. The highest BCUT2D eigenvalue weighted by molar-refractivity contribution is 8.93. The molecule has 96 valence electrons. The van der Waals surface area contributed by atoms with Gasteiger partial charge in [0.25, 0.3) is 0 Å². The van der Waals surface area contributed by atoms with E-state index < -0.39 is 0 Å². The van der Waals surface area contributed by atoms with Crippen molar-refractivity contribution >= 4 is 34.0 Å². The molecule has 6 heteroatoms. The normalized spacial score (nSPS) is 8.57. The molecule has 0 bridgehead atoms. The van der Waals surface area contributed by atoms with Gasteiger partial charge in [0, 0.05) is 0 Å². The summed E-state index contributed by atoms with van der Waals surface area (Å²) in [6, 6.07) is 0. The number of nitrogens with zero attached hydrogens (tertiary/aromatic N) is 2. The van der Waals surface area contributed by atoms with Crippen molar-refractivity contribution in [3.05, 3.63) is 0 Å². The SMILES string of the molecule is Br.Br.C[N+](C)(C)C.C[N+](C)(C)C.[Br-].[Br-]. The molecule has 0 fully saturated rings. The van der Waals surface area contributed by atoms with Gasteiger partial charge < -0.3 is 42.9 Å². The second kappa shape index (κ2) is 14.8. The van der Waals surface area contributed by atoms with Gasteiger partial charge in [-0.05, 0) is 0 Å². The molecule has 0 saturated heterocycles. The molecule has 0 saturated carbocycles. The fourth-order valence-corrected chi connectivity index (χ4v) is 0. The van der Waals surface area contributed by atoms with Crippen molar-refractivity contribution in [2.45, 2.75) is 0 Å². The molecule has 14 heavy (non-hydrogen) atoms. The molecular formula is C8H26Br4N2. The summed E-state index contributed by atoms with van der Waals surface area (Å²) in [5.41, 5.74) is 0. The van der Waals surface area contributed by atoms with E-state index in [1.54, 1.807) is 0 Å². The molecule has 0 atom stereocenters. The Balaban J connectivity index is -0.0000000178. The summed E-state index contributed by atoms with van der Waals surface area (Å²) in [5.74, 6) is 0. The van der Waals surface area contributed by atoms with E-state index in [0.29, 0.717) is 0 Å².